The van der Waals surface area contributed by atoms with Crippen LogP contribution in [0.25, 0.3) is 0 Å². The summed E-state index contributed by atoms with van der Waals surface area (Å²) in [5.41, 5.74) is 2.15. The molecule has 0 atom stereocenters. The number of aromatic nitrogens is 1. The molecule has 0 aliphatic carbocycles. The van der Waals surface area contributed by atoms with Crippen molar-refractivity contribution >= 4 is 44.6 Å². The van der Waals surface area contributed by atoms with Gasteiger partial charge in [-0.15, -0.1) is 11.3 Å². The maximum atomic E-state index is 12.9. The highest BCUT2D eigenvalue weighted by molar-refractivity contribution is 7.89. The van der Waals surface area contributed by atoms with E-state index in [1.807, 2.05) is 30.3 Å². The summed E-state index contributed by atoms with van der Waals surface area (Å²) >= 11 is 7.53. The third-order valence-electron chi connectivity index (χ3n) is 5.12. The number of sulfonamides is 1. The number of nitrogens with zero attached hydrogens (tertiary/aromatic N) is 2. The summed E-state index contributed by atoms with van der Waals surface area (Å²) in [6, 6.07) is 14.5. The fourth-order valence-electron chi connectivity index (χ4n) is 3.54. The fraction of sp³-hybridized carbons (Fsp3) is 0.273. The lowest BCUT2D eigenvalue weighted by atomic mass is 10.2. The molecule has 2 heterocycles. The average molecular weight is 476 g/mol. The number of hydrogen-bond acceptors (Lipinski definition) is 5. The van der Waals surface area contributed by atoms with Gasteiger partial charge < -0.3 is 5.32 Å². The molecular formula is C22H22ClN3O3S2. The average Bonchev–Trinajstić information content (AvgIpc) is 3.40. The van der Waals surface area contributed by atoms with E-state index in [-0.39, 0.29) is 15.8 Å². The molecule has 9 heteroatoms. The van der Waals surface area contributed by atoms with Crippen molar-refractivity contribution in [3.8, 4) is 0 Å². The molecule has 162 valence electrons. The van der Waals surface area contributed by atoms with Crippen molar-refractivity contribution in [2.45, 2.75) is 31.1 Å². The van der Waals surface area contributed by atoms with Crippen LogP contribution in [-0.4, -0.2) is 36.7 Å². The van der Waals surface area contributed by atoms with Gasteiger partial charge in [0.1, 0.15) is 9.77 Å². The van der Waals surface area contributed by atoms with E-state index in [2.05, 4.69) is 10.3 Å². The Labute approximate surface area is 190 Å². The number of hydrogen-bond donors (Lipinski definition) is 1. The summed E-state index contributed by atoms with van der Waals surface area (Å²) in [5.74, 6) is -0.318. The van der Waals surface area contributed by atoms with Crippen LogP contribution in [-0.2, 0) is 16.4 Å². The van der Waals surface area contributed by atoms with E-state index in [4.69, 9.17) is 11.6 Å². The molecule has 3 aromatic rings. The second-order valence-corrected chi connectivity index (χ2v) is 10.8. The van der Waals surface area contributed by atoms with Gasteiger partial charge in [-0.25, -0.2) is 13.4 Å². The minimum absolute atomic E-state index is 0.0136. The smallest absolute Gasteiger partial charge is 0.267 e. The number of thiazole rings is 1. The normalized spacial score (nSPS) is 14.6. The van der Waals surface area contributed by atoms with Crippen molar-refractivity contribution in [2.75, 3.05) is 18.4 Å². The van der Waals surface area contributed by atoms with E-state index in [1.165, 1.54) is 27.8 Å². The van der Waals surface area contributed by atoms with Crippen LogP contribution in [0, 0.1) is 6.92 Å². The van der Waals surface area contributed by atoms with E-state index < -0.39 is 10.0 Å². The van der Waals surface area contributed by atoms with E-state index in [1.54, 1.807) is 13.0 Å². The Hall–Kier alpha value is -2.26. The number of carbonyl (C=O) groups excluding carboxylic acids is 1. The van der Waals surface area contributed by atoms with Gasteiger partial charge in [0, 0.05) is 25.2 Å². The van der Waals surface area contributed by atoms with Crippen molar-refractivity contribution < 1.29 is 13.2 Å². The zero-order valence-corrected chi connectivity index (χ0v) is 19.4. The van der Waals surface area contributed by atoms with E-state index in [0.29, 0.717) is 35.8 Å². The SMILES string of the molecule is Cc1nc(Cc2ccccc2)sc1C(=O)Nc1ccc(Cl)c(S(=O)(=O)N2CCCC2)c1. The molecule has 0 spiro atoms. The van der Waals surface area contributed by atoms with Gasteiger partial charge in [0.05, 0.1) is 15.7 Å². The van der Waals surface area contributed by atoms with Crippen LogP contribution in [0.1, 0.15) is 38.8 Å². The van der Waals surface area contributed by atoms with Crippen LogP contribution in [0.4, 0.5) is 5.69 Å². The molecule has 1 N–H and O–H groups in total. The van der Waals surface area contributed by atoms with Gasteiger partial charge >= 0.3 is 0 Å². The van der Waals surface area contributed by atoms with Crippen molar-refractivity contribution in [2.24, 2.45) is 0 Å². The maximum absolute atomic E-state index is 12.9. The number of nitrogens with one attached hydrogen (secondary N) is 1. The van der Waals surface area contributed by atoms with Gasteiger partial charge in [0.15, 0.2) is 0 Å². The lowest BCUT2D eigenvalue weighted by molar-refractivity contribution is 0.102. The minimum Gasteiger partial charge on any atom is -0.321 e. The molecule has 1 aromatic heterocycles. The van der Waals surface area contributed by atoms with E-state index in [0.717, 1.165) is 23.4 Å². The predicted molar refractivity (Wildman–Crippen MR) is 123 cm³/mol. The zero-order valence-electron chi connectivity index (χ0n) is 17.0. The Morgan fingerprint density at radius 1 is 1.16 bits per heavy atom. The highest BCUT2D eigenvalue weighted by Gasteiger charge is 2.29. The third-order valence-corrected chi connectivity index (χ3v) is 8.65. The summed E-state index contributed by atoms with van der Waals surface area (Å²) in [6.45, 7) is 2.77. The maximum Gasteiger partial charge on any atom is 0.267 e. The van der Waals surface area contributed by atoms with Crippen LogP contribution in [0.3, 0.4) is 0 Å². The quantitative estimate of drug-likeness (QED) is 0.558. The number of amides is 1. The van der Waals surface area contributed by atoms with Crippen molar-refractivity contribution in [3.05, 3.63) is 74.7 Å². The first-order chi connectivity index (χ1) is 14.8. The second-order valence-electron chi connectivity index (χ2n) is 7.40. The summed E-state index contributed by atoms with van der Waals surface area (Å²) in [4.78, 5) is 17.9. The highest BCUT2D eigenvalue weighted by Crippen LogP contribution is 2.30. The topological polar surface area (TPSA) is 79.4 Å². The molecule has 1 saturated heterocycles. The van der Waals surface area contributed by atoms with Gasteiger partial charge in [-0.1, -0.05) is 41.9 Å². The molecule has 0 unspecified atom stereocenters. The standard InChI is InChI=1S/C22H22ClN3O3S2/c1-15-21(30-20(24-15)13-16-7-3-2-4-8-16)22(27)25-17-9-10-18(23)19(14-17)31(28,29)26-11-5-6-12-26/h2-4,7-10,14H,5-6,11-13H2,1H3,(H,25,27). The number of rotatable bonds is 6. The molecule has 0 saturated carbocycles. The molecule has 0 radical (unpaired) electrons. The Bertz CT molecular complexity index is 1200. The highest BCUT2D eigenvalue weighted by atomic mass is 35.5. The molecule has 1 aliphatic heterocycles. The summed E-state index contributed by atoms with van der Waals surface area (Å²) in [7, 11) is -3.69. The third kappa shape index (κ3) is 4.82. The Kier molecular flexibility index (Phi) is 6.43. The van der Waals surface area contributed by atoms with Crippen LogP contribution in [0.15, 0.2) is 53.4 Å². The molecule has 0 bridgehead atoms. The fourth-order valence-corrected chi connectivity index (χ4v) is 6.55. The number of anilines is 1. The minimum atomic E-state index is -3.69. The van der Waals surface area contributed by atoms with Crippen LogP contribution in [0.2, 0.25) is 5.02 Å². The number of halogens is 1. The molecule has 1 fully saturated rings. The number of benzene rings is 2. The monoisotopic (exact) mass is 475 g/mol. The molecule has 1 amide bonds. The van der Waals surface area contributed by atoms with Crippen LogP contribution >= 0.6 is 22.9 Å². The number of aryl methyl sites for hydroxylation is 1. The van der Waals surface area contributed by atoms with Gasteiger partial charge in [-0.3, -0.25) is 4.79 Å². The number of carbonyl (C=O) groups is 1. The second kappa shape index (κ2) is 9.08. The first-order valence-corrected chi connectivity index (χ1v) is 12.6. The lowest BCUT2D eigenvalue weighted by Crippen LogP contribution is -2.28. The Balaban J connectivity index is 1.54. The Morgan fingerprint density at radius 3 is 2.58 bits per heavy atom. The van der Waals surface area contributed by atoms with Crippen LogP contribution < -0.4 is 5.32 Å². The van der Waals surface area contributed by atoms with Crippen molar-refractivity contribution in [1.29, 1.82) is 0 Å². The Morgan fingerprint density at radius 2 is 1.87 bits per heavy atom. The summed E-state index contributed by atoms with van der Waals surface area (Å²) in [5, 5.41) is 3.79. The molecule has 1 aliphatic rings. The lowest BCUT2D eigenvalue weighted by Gasteiger charge is -2.17. The van der Waals surface area contributed by atoms with Gasteiger partial charge in [-0.05, 0) is 43.5 Å². The first kappa shape index (κ1) is 22.0. The largest absolute Gasteiger partial charge is 0.321 e. The first-order valence-electron chi connectivity index (χ1n) is 9.96. The molecule has 2 aromatic carbocycles. The van der Waals surface area contributed by atoms with Crippen molar-refractivity contribution in [3.63, 3.8) is 0 Å². The molecule has 6 nitrogen and oxygen atoms in total. The predicted octanol–water partition coefficient (Wildman–Crippen LogP) is 4.73. The molecule has 31 heavy (non-hydrogen) atoms. The van der Waals surface area contributed by atoms with Gasteiger partial charge in [0.2, 0.25) is 10.0 Å². The molecule has 4 rings (SSSR count). The van der Waals surface area contributed by atoms with Crippen molar-refractivity contribution in [1.82, 2.24) is 9.29 Å². The summed E-state index contributed by atoms with van der Waals surface area (Å²) in [6.07, 6.45) is 2.32. The summed E-state index contributed by atoms with van der Waals surface area (Å²) < 4.78 is 27.3. The van der Waals surface area contributed by atoms with E-state index >= 15 is 0 Å². The van der Waals surface area contributed by atoms with Crippen LogP contribution in [0.5, 0.6) is 0 Å². The zero-order chi connectivity index (χ0) is 22.0. The van der Waals surface area contributed by atoms with Gasteiger partial charge in [-0.2, -0.15) is 4.31 Å². The van der Waals surface area contributed by atoms with E-state index in [9.17, 15) is 13.2 Å². The molecular weight excluding hydrogens is 454 g/mol. The van der Waals surface area contributed by atoms with Gasteiger partial charge in [0.25, 0.3) is 5.91 Å².